The number of carbonyl (C=O) groups excluding carboxylic acids is 1. The quantitative estimate of drug-likeness (QED) is 0.217. The SMILES string of the molecule is Cn1cc2cc(N(/C=C/CCCCCNC=O)C(=N)c3ccc(C#N)c(F)c3)ccc2n1. The van der Waals surface area contributed by atoms with Crippen molar-refractivity contribution in [2.45, 2.75) is 25.7 Å². The summed E-state index contributed by atoms with van der Waals surface area (Å²) in [5.41, 5.74) is 1.92. The molecule has 7 nitrogen and oxygen atoms in total. The van der Waals surface area contributed by atoms with Crippen LogP contribution in [0.5, 0.6) is 0 Å². The number of rotatable bonds is 10. The Morgan fingerprint density at radius 3 is 2.88 bits per heavy atom. The van der Waals surface area contributed by atoms with Crippen LogP contribution in [0, 0.1) is 22.6 Å². The summed E-state index contributed by atoms with van der Waals surface area (Å²) in [4.78, 5) is 12.0. The lowest BCUT2D eigenvalue weighted by Crippen LogP contribution is -2.25. The fourth-order valence-corrected chi connectivity index (χ4v) is 3.37. The second-order valence-corrected chi connectivity index (χ2v) is 7.38. The van der Waals surface area contributed by atoms with E-state index >= 15 is 0 Å². The Morgan fingerprint density at radius 1 is 1.28 bits per heavy atom. The number of anilines is 1. The predicted octanol–water partition coefficient (Wildman–Crippen LogP) is 4.24. The second kappa shape index (κ2) is 10.9. The first-order valence-corrected chi connectivity index (χ1v) is 10.4. The summed E-state index contributed by atoms with van der Waals surface area (Å²) in [5, 5.41) is 25.7. The molecule has 1 aromatic heterocycles. The van der Waals surface area contributed by atoms with Crippen LogP contribution >= 0.6 is 0 Å². The molecule has 8 heteroatoms. The molecule has 1 amide bonds. The van der Waals surface area contributed by atoms with E-state index in [1.54, 1.807) is 21.7 Å². The number of nitrogens with one attached hydrogen (secondary N) is 2. The molecule has 0 radical (unpaired) electrons. The van der Waals surface area contributed by atoms with E-state index in [0.29, 0.717) is 18.5 Å². The molecule has 0 aliphatic heterocycles. The number of benzene rings is 2. The molecule has 32 heavy (non-hydrogen) atoms. The largest absolute Gasteiger partial charge is 0.359 e. The van der Waals surface area contributed by atoms with E-state index in [4.69, 9.17) is 10.7 Å². The average molecular weight is 433 g/mol. The van der Waals surface area contributed by atoms with Gasteiger partial charge in [-0.2, -0.15) is 10.4 Å². The molecule has 3 aromatic rings. The topological polar surface area (TPSA) is 97.8 Å². The maximum atomic E-state index is 14.2. The highest BCUT2D eigenvalue weighted by Crippen LogP contribution is 2.24. The molecule has 0 fully saturated rings. The van der Waals surface area contributed by atoms with Gasteiger partial charge in [0.2, 0.25) is 6.41 Å². The van der Waals surface area contributed by atoms with Gasteiger partial charge in [0.05, 0.1) is 11.1 Å². The van der Waals surface area contributed by atoms with Crippen molar-refractivity contribution in [2.24, 2.45) is 7.05 Å². The van der Waals surface area contributed by atoms with Gasteiger partial charge in [0.25, 0.3) is 0 Å². The lowest BCUT2D eigenvalue weighted by molar-refractivity contribution is -0.109. The summed E-state index contributed by atoms with van der Waals surface area (Å²) >= 11 is 0. The van der Waals surface area contributed by atoms with Crippen LogP contribution in [-0.4, -0.2) is 28.6 Å². The Labute approximate surface area is 186 Å². The van der Waals surface area contributed by atoms with E-state index in [-0.39, 0.29) is 11.4 Å². The average Bonchev–Trinajstić information content (AvgIpc) is 3.17. The smallest absolute Gasteiger partial charge is 0.207 e. The summed E-state index contributed by atoms with van der Waals surface area (Å²) in [5.74, 6) is -0.548. The van der Waals surface area contributed by atoms with E-state index < -0.39 is 5.82 Å². The molecule has 0 aliphatic carbocycles. The summed E-state index contributed by atoms with van der Waals surface area (Å²) in [6.07, 6.45) is 10.1. The molecule has 2 N–H and O–H groups in total. The first-order chi connectivity index (χ1) is 15.5. The number of allylic oxidation sites excluding steroid dienone is 1. The summed E-state index contributed by atoms with van der Waals surface area (Å²) in [6, 6.07) is 11.7. The number of fused-ring (bicyclic) bond motifs is 1. The molecule has 3 rings (SSSR count). The minimum atomic E-state index is -0.648. The molecule has 0 unspecified atom stereocenters. The molecule has 164 valence electrons. The van der Waals surface area contributed by atoms with Crippen molar-refractivity contribution in [3.63, 3.8) is 0 Å². The van der Waals surface area contributed by atoms with E-state index in [1.807, 2.05) is 43.7 Å². The Kier molecular flexibility index (Phi) is 7.70. The van der Waals surface area contributed by atoms with Gasteiger partial charge in [-0.05, 0) is 55.7 Å². The number of amidine groups is 1. The third-order valence-electron chi connectivity index (χ3n) is 5.01. The number of amides is 1. The van der Waals surface area contributed by atoms with Crippen LogP contribution in [0.15, 0.2) is 54.9 Å². The third-order valence-corrected chi connectivity index (χ3v) is 5.01. The summed E-state index contributed by atoms with van der Waals surface area (Å²) in [7, 11) is 1.85. The fraction of sp³-hybridized carbons (Fsp3) is 0.250. The van der Waals surface area contributed by atoms with Crippen molar-refractivity contribution >= 4 is 28.8 Å². The number of nitriles is 1. The van der Waals surface area contributed by atoms with Crippen LogP contribution < -0.4 is 10.2 Å². The number of hydrogen-bond acceptors (Lipinski definition) is 4. The zero-order valence-electron chi connectivity index (χ0n) is 17.9. The van der Waals surface area contributed by atoms with Gasteiger partial charge in [-0.1, -0.05) is 12.5 Å². The molecule has 2 aromatic carbocycles. The first-order valence-electron chi connectivity index (χ1n) is 10.4. The molecule has 0 bridgehead atoms. The molecule has 1 heterocycles. The van der Waals surface area contributed by atoms with Crippen molar-refractivity contribution in [1.82, 2.24) is 15.1 Å². The van der Waals surface area contributed by atoms with Crippen LogP contribution in [0.1, 0.15) is 36.8 Å². The normalized spacial score (nSPS) is 10.9. The zero-order chi connectivity index (χ0) is 22.9. The molecule has 0 aliphatic rings. The standard InChI is InChI=1S/C24H25FN6O/c1-30-16-20-13-21(9-10-23(20)29-30)31(12-6-4-2-3-5-11-28-17-32)24(27)18-7-8-19(15-26)22(25)14-18/h6-10,12-14,16-17,27H,2-5,11H2,1H3,(H,28,32)/b12-6+,27-24?. The third kappa shape index (κ3) is 5.58. The minimum Gasteiger partial charge on any atom is -0.359 e. The molecular weight excluding hydrogens is 407 g/mol. The molecule has 0 atom stereocenters. The highest BCUT2D eigenvalue weighted by molar-refractivity contribution is 6.09. The van der Waals surface area contributed by atoms with Crippen molar-refractivity contribution in [3.8, 4) is 6.07 Å². The molecule has 0 spiro atoms. The number of unbranched alkanes of at least 4 members (excludes halogenated alkanes) is 3. The molecule has 0 saturated heterocycles. The van der Waals surface area contributed by atoms with Crippen LogP contribution in [0.2, 0.25) is 0 Å². The number of carbonyl (C=O) groups is 1. The first kappa shape index (κ1) is 22.7. The Morgan fingerprint density at radius 2 is 2.12 bits per heavy atom. The number of nitrogens with zero attached hydrogens (tertiary/aromatic N) is 4. The van der Waals surface area contributed by atoms with Gasteiger partial charge in [-0.25, -0.2) is 4.39 Å². The van der Waals surface area contributed by atoms with Crippen LogP contribution in [-0.2, 0) is 11.8 Å². The van der Waals surface area contributed by atoms with Gasteiger partial charge in [-0.3, -0.25) is 14.9 Å². The predicted molar refractivity (Wildman–Crippen MR) is 123 cm³/mol. The lowest BCUT2D eigenvalue weighted by atomic mass is 10.1. The highest BCUT2D eigenvalue weighted by atomic mass is 19.1. The Hall–Kier alpha value is -3.99. The fourth-order valence-electron chi connectivity index (χ4n) is 3.37. The van der Waals surface area contributed by atoms with Gasteiger partial charge in [0.15, 0.2) is 0 Å². The van der Waals surface area contributed by atoms with Crippen LogP contribution in [0.3, 0.4) is 0 Å². The van der Waals surface area contributed by atoms with Gasteiger partial charge < -0.3 is 10.2 Å². The highest BCUT2D eigenvalue weighted by Gasteiger charge is 2.15. The van der Waals surface area contributed by atoms with Crippen molar-refractivity contribution in [3.05, 3.63) is 71.8 Å². The van der Waals surface area contributed by atoms with Gasteiger partial charge >= 0.3 is 0 Å². The van der Waals surface area contributed by atoms with E-state index in [1.165, 1.54) is 12.1 Å². The van der Waals surface area contributed by atoms with Gasteiger partial charge in [0.1, 0.15) is 17.7 Å². The minimum absolute atomic E-state index is 0.0514. The maximum absolute atomic E-state index is 14.2. The van der Waals surface area contributed by atoms with Crippen molar-refractivity contribution < 1.29 is 9.18 Å². The molecular formula is C24H25FN6O. The van der Waals surface area contributed by atoms with Crippen molar-refractivity contribution in [1.29, 1.82) is 10.7 Å². The Bertz CT molecular complexity index is 1180. The van der Waals surface area contributed by atoms with E-state index in [0.717, 1.165) is 42.3 Å². The van der Waals surface area contributed by atoms with E-state index in [2.05, 4.69) is 10.4 Å². The van der Waals surface area contributed by atoms with Gasteiger partial charge in [-0.15, -0.1) is 0 Å². The zero-order valence-corrected chi connectivity index (χ0v) is 17.9. The van der Waals surface area contributed by atoms with Crippen molar-refractivity contribution in [2.75, 3.05) is 11.4 Å². The number of halogens is 1. The summed E-state index contributed by atoms with van der Waals surface area (Å²) in [6.45, 7) is 0.666. The molecule has 0 saturated carbocycles. The number of aromatic nitrogens is 2. The van der Waals surface area contributed by atoms with Crippen LogP contribution in [0.4, 0.5) is 10.1 Å². The Balaban J connectivity index is 1.82. The number of hydrogen-bond donors (Lipinski definition) is 2. The monoisotopic (exact) mass is 432 g/mol. The lowest BCUT2D eigenvalue weighted by Gasteiger charge is -2.22. The van der Waals surface area contributed by atoms with E-state index in [9.17, 15) is 9.18 Å². The summed E-state index contributed by atoms with van der Waals surface area (Å²) < 4.78 is 15.9. The maximum Gasteiger partial charge on any atom is 0.207 e. The number of aryl methyl sites for hydroxylation is 1. The second-order valence-electron chi connectivity index (χ2n) is 7.38. The van der Waals surface area contributed by atoms with Crippen LogP contribution in [0.25, 0.3) is 10.9 Å². The van der Waals surface area contributed by atoms with Gasteiger partial charge in [0, 0.05) is 42.6 Å².